The number of ether oxygens (including phenoxy) is 2. The summed E-state index contributed by atoms with van der Waals surface area (Å²) < 4.78 is 49.5. The van der Waals surface area contributed by atoms with E-state index in [4.69, 9.17) is 9.47 Å². The molecule has 4 rings (SSSR count). The number of Topliss-reactive ketones (excluding diaryl/α,β-unsaturated/α-hetero) is 1. The van der Waals surface area contributed by atoms with E-state index in [1.165, 1.54) is 12.1 Å². The van der Waals surface area contributed by atoms with Gasteiger partial charge in [0.05, 0.1) is 30.9 Å². The Bertz CT molecular complexity index is 933. The van der Waals surface area contributed by atoms with Crippen molar-refractivity contribution in [2.75, 3.05) is 19.8 Å². The van der Waals surface area contributed by atoms with Crippen molar-refractivity contribution in [3.63, 3.8) is 0 Å². The summed E-state index contributed by atoms with van der Waals surface area (Å²) in [5, 5.41) is 0. The van der Waals surface area contributed by atoms with Crippen LogP contribution in [-0.4, -0.2) is 31.3 Å². The predicted molar refractivity (Wildman–Crippen MR) is 97.5 cm³/mol. The van der Waals surface area contributed by atoms with Gasteiger partial charge in [-0.3, -0.25) is 9.79 Å². The summed E-state index contributed by atoms with van der Waals surface area (Å²) in [4.78, 5) is 17.1. The fourth-order valence-corrected chi connectivity index (χ4v) is 3.37. The van der Waals surface area contributed by atoms with Crippen LogP contribution >= 0.6 is 0 Å². The SMILES string of the molecule is O=C(CC1=NCCc2cc3c(cc21)OCCCO3)c1ccc(C(F)(F)F)cc1. The summed E-state index contributed by atoms with van der Waals surface area (Å²) in [6, 6.07) is 8.07. The van der Waals surface area contributed by atoms with Gasteiger partial charge in [0, 0.05) is 24.1 Å². The quantitative estimate of drug-likeness (QED) is 0.727. The van der Waals surface area contributed by atoms with Gasteiger partial charge in [0.15, 0.2) is 17.3 Å². The monoisotopic (exact) mass is 389 g/mol. The highest BCUT2D eigenvalue weighted by atomic mass is 19.4. The van der Waals surface area contributed by atoms with Crippen molar-refractivity contribution in [3.05, 3.63) is 58.7 Å². The molecule has 7 heteroatoms. The molecule has 0 radical (unpaired) electrons. The number of aliphatic imine (C=N–C) groups is 1. The first-order chi connectivity index (χ1) is 13.4. The number of nitrogens with zero attached hydrogens (tertiary/aromatic N) is 1. The van der Waals surface area contributed by atoms with Crippen molar-refractivity contribution in [1.82, 2.24) is 0 Å². The highest BCUT2D eigenvalue weighted by molar-refractivity contribution is 6.16. The second kappa shape index (κ2) is 7.30. The van der Waals surface area contributed by atoms with Gasteiger partial charge in [-0.2, -0.15) is 13.2 Å². The van der Waals surface area contributed by atoms with Gasteiger partial charge in [0.25, 0.3) is 0 Å². The average molecular weight is 389 g/mol. The summed E-state index contributed by atoms with van der Waals surface area (Å²) >= 11 is 0. The maximum Gasteiger partial charge on any atom is 0.416 e. The van der Waals surface area contributed by atoms with Gasteiger partial charge in [0.2, 0.25) is 0 Å². The molecule has 2 aliphatic heterocycles. The molecule has 0 aliphatic carbocycles. The molecular weight excluding hydrogens is 371 g/mol. The van der Waals surface area contributed by atoms with E-state index in [1.54, 1.807) is 0 Å². The third kappa shape index (κ3) is 3.74. The van der Waals surface area contributed by atoms with Crippen LogP contribution in [0.5, 0.6) is 11.5 Å². The second-order valence-corrected chi connectivity index (χ2v) is 6.76. The molecule has 0 saturated heterocycles. The standard InChI is InChI=1S/C21H18F3NO3/c22-21(23,24)15-4-2-13(3-5-15)18(26)12-17-16-11-20-19(27-8-1-9-28-20)10-14(16)6-7-25-17/h2-5,10-11H,1,6-9,12H2. The lowest BCUT2D eigenvalue weighted by molar-refractivity contribution is -0.137. The number of rotatable bonds is 3. The number of fused-ring (bicyclic) bond motifs is 2. The van der Waals surface area contributed by atoms with E-state index in [2.05, 4.69) is 4.99 Å². The topological polar surface area (TPSA) is 47.9 Å². The highest BCUT2D eigenvalue weighted by Crippen LogP contribution is 2.35. The molecule has 0 spiro atoms. The van der Waals surface area contributed by atoms with Crippen LogP contribution in [0.4, 0.5) is 13.2 Å². The summed E-state index contributed by atoms with van der Waals surface area (Å²) in [5.74, 6) is 1.06. The number of carbonyl (C=O) groups is 1. The van der Waals surface area contributed by atoms with Gasteiger partial charge < -0.3 is 9.47 Å². The normalized spacial score (nSPS) is 16.0. The largest absolute Gasteiger partial charge is 0.490 e. The molecule has 0 N–H and O–H groups in total. The Morgan fingerprint density at radius 3 is 2.39 bits per heavy atom. The lowest BCUT2D eigenvalue weighted by atomic mass is 9.92. The molecule has 0 atom stereocenters. The maximum atomic E-state index is 12.7. The Balaban J connectivity index is 1.57. The Kier molecular flexibility index (Phi) is 4.83. The molecular formula is C21H18F3NO3. The summed E-state index contributed by atoms with van der Waals surface area (Å²) in [5.41, 5.74) is 1.97. The van der Waals surface area contributed by atoms with Crippen molar-refractivity contribution in [2.24, 2.45) is 4.99 Å². The van der Waals surface area contributed by atoms with E-state index in [-0.39, 0.29) is 17.8 Å². The van der Waals surface area contributed by atoms with Gasteiger partial charge in [-0.1, -0.05) is 12.1 Å². The van der Waals surface area contributed by atoms with E-state index < -0.39 is 11.7 Å². The third-order valence-electron chi connectivity index (χ3n) is 4.83. The van der Waals surface area contributed by atoms with E-state index in [9.17, 15) is 18.0 Å². The summed E-state index contributed by atoms with van der Waals surface area (Å²) in [6.45, 7) is 1.71. The molecule has 0 saturated carbocycles. The van der Waals surface area contributed by atoms with Crippen molar-refractivity contribution >= 4 is 11.5 Å². The fraction of sp³-hybridized carbons (Fsp3) is 0.333. The minimum atomic E-state index is -4.42. The smallest absolute Gasteiger partial charge is 0.416 e. The number of ketones is 1. The summed E-state index contributed by atoms with van der Waals surface area (Å²) in [7, 11) is 0. The van der Waals surface area contributed by atoms with Gasteiger partial charge in [-0.05, 0) is 36.2 Å². The van der Waals surface area contributed by atoms with E-state index in [0.29, 0.717) is 37.0 Å². The number of hydrogen-bond acceptors (Lipinski definition) is 4. The van der Waals surface area contributed by atoms with E-state index in [0.717, 1.165) is 36.1 Å². The number of benzene rings is 2. The lowest BCUT2D eigenvalue weighted by Crippen LogP contribution is -2.17. The number of hydrogen-bond donors (Lipinski definition) is 0. The zero-order chi connectivity index (χ0) is 19.7. The first-order valence-corrected chi connectivity index (χ1v) is 9.08. The molecule has 0 amide bonds. The Morgan fingerprint density at radius 2 is 1.71 bits per heavy atom. The van der Waals surface area contributed by atoms with Gasteiger partial charge >= 0.3 is 6.18 Å². The third-order valence-corrected chi connectivity index (χ3v) is 4.83. The van der Waals surface area contributed by atoms with Crippen LogP contribution in [0, 0.1) is 0 Å². The molecule has 2 aromatic carbocycles. The van der Waals surface area contributed by atoms with Crippen LogP contribution < -0.4 is 9.47 Å². The first kappa shape index (κ1) is 18.5. The molecule has 4 nitrogen and oxygen atoms in total. The highest BCUT2D eigenvalue weighted by Gasteiger charge is 2.30. The average Bonchev–Trinajstić information content (AvgIpc) is 2.91. The molecule has 0 aromatic heterocycles. The van der Waals surface area contributed by atoms with E-state index >= 15 is 0 Å². The molecule has 2 aliphatic rings. The van der Waals surface area contributed by atoms with Crippen molar-refractivity contribution < 1.29 is 27.4 Å². The number of alkyl halides is 3. The first-order valence-electron chi connectivity index (χ1n) is 9.08. The van der Waals surface area contributed by atoms with Crippen LogP contribution in [0.1, 0.15) is 39.9 Å². The van der Waals surface area contributed by atoms with Crippen LogP contribution in [0.25, 0.3) is 0 Å². The molecule has 28 heavy (non-hydrogen) atoms. The Hall–Kier alpha value is -2.83. The second-order valence-electron chi connectivity index (χ2n) is 6.76. The van der Waals surface area contributed by atoms with Gasteiger partial charge in [0.1, 0.15) is 0 Å². The zero-order valence-electron chi connectivity index (χ0n) is 15.0. The molecule has 2 heterocycles. The van der Waals surface area contributed by atoms with Crippen LogP contribution in [-0.2, 0) is 12.6 Å². The maximum absolute atomic E-state index is 12.7. The zero-order valence-corrected chi connectivity index (χ0v) is 15.0. The molecule has 0 fully saturated rings. The van der Waals surface area contributed by atoms with E-state index in [1.807, 2.05) is 12.1 Å². The van der Waals surface area contributed by atoms with Crippen molar-refractivity contribution in [3.8, 4) is 11.5 Å². The molecule has 146 valence electrons. The fourth-order valence-electron chi connectivity index (χ4n) is 3.37. The summed E-state index contributed by atoms with van der Waals surface area (Å²) in [6.07, 6.45) is -2.86. The Morgan fingerprint density at radius 1 is 1.04 bits per heavy atom. The number of halogens is 3. The molecule has 0 bridgehead atoms. The van der Waals surface area contributed by atoms with Crippen molar-refractivity contribution in [1.29, 1.82) is 0 Å². The van der Waals surface area contributed by atoms with Gasteiger partial charge in [-0.15, -0.1) is 0 Å². The lowest BCUT2D eigenvalue weighted by Gasteiger charge is -2.19. The predicted octanol–water partition coefficient (Wildman–Crippen LogP) is 4.48. The van der Waals surface area contributed by atoms with Crippen LogP contribution in [0.3, 0.4) is 0 Å². The van der Waals surface area contributed by atoms with Crippen LogP contribution in [0.15, 0.2) is 41.4 Å². The molecule has 2 aromatic rings. The number of carbonyl (C=O) groups excluding carboxylic acids is 1. The van der Waals surface area contributed by atoms with Crippen LogP contribution in [0.2, 0.25) is 0 Å². The minimum Gasteiger partial charge on any atom is -0.490 e. The Labute approximate surface area is 160 Å². The van der Waals surface area contributed by atoms with Crippen molar-refractivity contribution in [2.45, 2.75) is 25.4 Å². The van der Waals surface area contributed by atoms with Gasteiger partial charge in [-0.25, -0.2) is 0 Å². The minimum absolute atomic E-state index is 0.0258. The molecule has 0 unspecified atom stereocenters.